The summed E-state index contributed by atoms with van der Waals surface area (Å²) < 4.78 is 5.58. The second kappa shape index (κ2) is 10.6. The second-order valence-electron chi connectivity index (χ2n) is 9.65. The third kappa shape index (κ3) is 5.97. The minimum atomic E-state index is -1.22. The molecule has 0 spiro atoms. The zero-order valence-electron chi connectivity index (χ0n) is 19.5. The van der Waals surface area contributed by atoms with Gasteiger partial charge in [0, 0.05) is 56.7 Å². The first kappa shape index (κ1) is 24.3. The van der Waals surface area contributed by atoms with Crippen LogP contribution in [-0.2, 0) is 14.3 Å². The predicted octanol–water partition coefficient (Wildman–Crippen LogP) is 1.87. The zero-order chi connectivity index (χ0) is 24.1. The molecule has 3 saturated heterocycles. The maximum atomic E-state index is 12.5. The third-order valence-electron chi connectivity index (χ3n) is 7.28. The molecule has 1 atom stereocenters. The van der Waals surface area contributed by atoms with Gasteiger partial charge in [-0.3, -0.25) is 14.6 Å². The van der Waals surface area contributed by atoms with Gasteiger partial charge in [0.25, 0.3) is 0 Å². The topological polar surface area (TPSA) is 124 Å². The van der Waals surface area contributed by atoms with E-state index >= 15 is 0 Å². The molecule has 34 heavy (non-hydrogen) atoms. The van der Waals surface area contributed by atoms with Crippen molar-refractivity contribution >= 4 is 23.7 Å². The lowest BCUT2D eigenvalue weighted by molar-refractivity contribution is -0.146. The molecule has 1 aromatic rings. The molecular weight excluding hydrogens is 440 g/mol. The Balaban J connectivity index is 1.16. The van der Waals surface area contributed by atoms with Gasteiger partial charge in [-0.05, 0) is 50.7 Å². The van der Waals surface area contributed by atoms with Crippen molar-refractivity contribution in [2.75, 3.05) is 37.6 Å². The van der Waals surface area contributed by atoms with Crippen LogP contribution in [0.25, 0.3) is 0 Å². The van der Waals surface area contributed by atoms with Crippen molar-refractivity contribution in [2.45, 2.75) is 69.1 Å². The Morgan fingerprint density at radius 2 is 1.79 bits per heavy atom. The van der Waals surface area contributed by atoms with E-state index in [1.165, 1.54) is 0 Å². The fourth-order valence-corrected chi connectivity index (χ4v) is 5.25. The summed E-state index contributed by atoms with van der Waals surface area (Å²) in [7, 11) is 0. The SMILES string of the molecule is O=C(O)CC1(O)CCN(C(=O)CCCC2CN(C3CCN(c4ccncc4)CC3)C(=O)O2)CC1. The van der Waals surface area contributed by atoms with E-state index in [0.717, 1.165) is 31.6 Å². The molecular formula is C24H34N4O6. The van der Waals surface area contributed by atoms with Crippen LogP contribution >= 0.6 is 0 Å². The average molecular weight is 475 g/mol. The Morgan fingerprint density at radius 1 is 1.12 bits per heavy atom. The van der Waals surface area contributed by atoms with Gasteiger partial charge >= 0.3 is 12.1 Å². The summed E-state index contributed by atoms with van der Waals surface area (Å²) >= 11 is 0. The van der Waals surface area contributed by atoms with Gasteiger partial charge in [0.15, 0.2) is 0 Å². The van der Waals surface area contributed by atoms with Gasteiger partial charge in [0.05, 0.1) is 18.6 Å². The second-order valence-corrected chi connectivity index (χ2v) is 9.65. The van der Waals surface area contributed by atoms with Gasteiger partial charge < -0.3 is 29.6 Å². The third-order valence-corrected chi connectivity index (χ3v) is 7.28. The smallest absolute Gasteiger partial charge is 0.410 e. The van der Waals surface area contributed by atoms with E-state index in [1.807, 2.05) is 17.0 Å². The van der Waals surface area contributed by atoms with Gasteiger partial charge in [0.1, 0.15) is 6.10 Å². The van der Waals surface area contributed by atoms with Crippen molar-refractivity contribution in [2.24, 2.45) is 0 Å². The maximum Gasteiger partial charge on any atom is 0.410 e. The quantitative estimate of drug-likeness (QED) is 0.585. The number of hydrogen-bond donors (Lipinski definition) is 2. The molecule has 0 aromatic carbocycles. The first-order valence-corrected chi connectivity index (χ1v) is 12.2. The van der Waals surface area contributed by atoms with Crippen LogP contribution in [0.5, 0.6) is 0 Å². The van der Waals surface area contributed by atoms with Crippen LogP contribution in [0.15, 0.2) is 24.5 Å². The van der Waals surface area contributed by atoms with Crippen LogP contribution in [0, 0.1) is 0 Å². The van der Waals surface area contributed by atoms with E-state index in [1.54, 1.807) is 17.3 Å². The molecule has 0 saturated carbocycles. The largest absolute Gasteiger partial charge is 0.481 e. The number of hydrogen-bond acceptors (Lipinski definition) is 7. The number of carbonyl (C=O) groups excluding carboxylic acids is 2. The highest BCUT2D eigenvalue weighted by molar-refractivity contribution is 5.76. The fourth-order valence-electron chi connectivity index (χ4n) is 5.25. The lowest BCUT2D eigenvalue weighted by Crippen LogP contribution is -2.47. The molecule has 4 rings (SSSR count). The number of pyridine rings is 1. The summed E-state index contributed by atoms with van der Waals surface area (Å²) in [5.74, 6) is -1.02. The number of amides is 2. The maximum absolute atomic E-state index is 12.5. The van der Waals surface area contributed by atoms with Crippen LogP contribution in [0.2, 0.25) is 0 Å². The van der Waals surface area contributed by atoms with Crippen LogP contribution in [0.1, 0.15) is 51.4 Å². The predicted molar refractivity (Wildman–Crippen MR) is 123 cm³/mol. The number of ether oxygens (including phenoxy) is 1. The molecule has 2 N–H and O–H groups in total. The molecule has 10 heteroatoms. The number of anilines is 1. The van der Waals surface area contributed by atoms with Crippen molar-refractivity contribution in [3.05, 3.63) is 24.5 Å². The highest BCUT2D eigenvalue weighted by Gasteiger charge is 2.38. The number of cyclic esters (lactones) is 1. The van der Waals surface area contributed by atoms with E-state index in [2.05, 4.69) is 9.88 Å². The standard InChI is InChI=1S/C24H34N4O6/c29-21(27-14-8-24(33,9-15-27)16-22(30)31)3-1-2-20-17-28(23(32)34-20)19-6-12-26(13-7-19)18-4-10-25-11-5-18/h4-5,10-11,19-20,33H,1-3,6-9,12-17H2,(H,30,31). The van der Waals surface area contributed by atoms with Crippen LogP contribution < -0.4 is 4.90 Å². The number of piperidine rings is 2. The lowest BCUT2D eigenvalue weighted by atomic mass is 9.88. The van der Waals surface area contributed by atoms with E-state index in [9.17, 15) is 19.5 Å². The normalized spacial score (nSPS) is 23.1. The van der Waals surface area contributed by atoms with Gasteiger partial charge in [-0.15, -0.1) is 0 Å². The van der Waals surface area contributed by atoms with Gasteiger partial charge in [-0.1, -0.05) is 0 Å². The highest BCUT2D eigenvalue weighted by Crippen LogP contribution is 2.28. The molecule has 3 fully saturated rings. The lowest BCUT2D eigenvalue weighted by Gasteiger charge is -2.37. The molecule has 0 bridgehead atoms. The minimum absolute atomic E-state index is 0.00189. The summed E-state index contributed by atoms with van der Waals surface area (Å²) in [6.45, 7) is 3.07. The van der Waals surface area contributed by atoms with E-state index < -0.39 is 11.6 Å². The van der Waals surface area contributed by atoms with Gasteiger partial charge in [-0.25, -0.2) is 4.79 Å². The summed E-state index contributed by atoms with van der Waals surface area (Å²) in [5, 5.41) is 19.2. The average Bonchev–Trinajstić information content (AvgIpc) is 3.19. The number of carbonyl (C=O) groups is 3. The molecule has 0 radical (unpaired) electrons. The first-order valence-electron chi connectivity index (χ1n) is 12.2. The monoisotopic (exact) mass is 474 g/mol. The molecule has 3 aliphatic rings. The first-order chi connectivity index (χ1) is 16.3. The van der Waals surface area contributed by atoms with Crippen molar-refractivity contribution in [1.82, 2.24) is 14.8 Å². The zero-order valence-corrected chi connectivity index (χ0v) is 19.5. The number of carboxylic acid groups (broad SMARTS) is 1. The Bertz CT molecular complexity index is 865. The summed E-state index contributed by atoms with van der Waals surface area (Å²) in [5.41, 5.74) is -0.0706. The molecule has 186 valence electrons. The fraction of sp³-hybridized carbons (Fsp3) is 0.667. The number of aliphatic carboxylic acids is 1. The van der Waals surface area contributed by atoms with Crippen molar-refractivity contribution < 1.29 is 29.3 Å². The Hall–Kier alpha value is -2.88. The molecule has 1 unspecified atom stereocenters. The number of aromatic nitrogens is 1. The number of rotatable bonds is 8. The summed E-state index contributed by atoms with van der Waals surface area (Å²) in [6, 6.07) is 4.18. The Labute approximate surface area is 199 Å². The molecule has 2 amide bonds. The summed E-state index contributed by atoms with van der Waals surface area (Å²) in [6.07, 6.45) is 6.81. The van der Waals surface area contributed by atoms with E-state index in [0.29, 0.717) is 38.9 Å². The summed E-state index contributed by atoms with van der Waals surface area (Å²) in [4.78, 5) is 45.8. The number of likely N-dealkylation sites (tertiary alicyclic amines) is 1. The van der Waals surface area contributed by atoms with Crippen LogP contribution in [-0.4, -0.2) is 93.4 Å². The van der Waals surface area contributed by atoms with Crippen LogP contribution in [0.4, 0.5) is 10.5 Å². The Kier molecular flexibility index (Phi) is 7.55. The highest BCUT2D eigenvalue weighted by atomic mass is 16.6. The number of nitrogens with zero attached hydrogens (tertiary/aromatic N) is 4. The van der Waals surface area contributed by atoms with Crippen molar-refractivity contribution in [3.63, 3.8) is 0 Å². The Morgan fingerprint density at radius 3 is 2.44 bits per heavy atom. The number of aliphatic hydroxyl groups is 1. The molecule has 0 aliphatic carbocycles. The van der Waals surface area contributed by atoms with Crippen molar-refractivity contribution in [3.8, 4) is 0 Å². The molecule has 3 aliphatic heterocycles. The van der Waals surface area contributed by atoms with Crippen molar-refractivity contribution in [1.29, 1.82) is 0 Å². The molecule has 4 heterocycles. The van der Waals surface area contributed by atoms with Gasteiger partial charge in [-0.2, -0.15) is 0 Å². The van der Waals surface area contributed by atoms with Gasteiger partial charge in [0.2, 0.25) is 5.91 Å². The molecule has 10 nitrogen and oxygen atoms in total. The van der Waals surface area contributed by atoms with E-state index in [4.69, 9.17) is 9.84 Å². The van der Waals surface area contributed by atoms with E-state index in [-0.39, 0.29) is 43.4 Å². The minimum Gasteiger partial charge on any atom is -0.481 e. The number of carboxylic acids is 1. The molecule has 1 aromatic heterocycles. The van der Waals surface area contributed by atoms with Crippen LogP contribution in [0.3, 0.4) is 0 Å².